The number of ether oxygens (including phenoxy) is 1. The fraction of sp³-hybridized carbons (Fsp3) is 0.278. The van der Waals surface area contributed by atoms with Gasteiger partial charge in [0.1, 0.15) is 0 Å². The first-order valence-corrected chi connectivity index (χ1v) is 7.41. The molecule has 0 aliphatic heterocycles. The van der Waals surface area contributed by atoms with Gasteiger partial charge in [-0.15, -0.1) is 0 Å². The zero-order valence-corrected chi connectivity index (χ0v) is 12.0. The van der Waals surface area contributed by atoms with Crippen molar-refractivity contribution in [3.63, 3.8) is 0 Å². The van der Waals surface area contributed by atoms with E-state index >= 15 is 0 Å². The topological polar surface area (TPSA) is 33.6 Å². The summed E-state index contributed by atoms with van der Waals surface area (Å²) in [6, 6.07) is 18.2. The second-order valence-electron chi connectivity index (χ2n) is 5.44. The summed E-state index contributed by atoms with van der Waals surface area (Å²) in [7, 11) is 0. The number of para-hydroxylation sites is 1. The van der Waals surface area contributed by atoms with E-state index < -0.39 is 0 Å². The largest absolute Gasteiger partial charge is 0.376 e. The van der Waals surface area contributed by atoms with Crippen molar-refractivity contribution < 1.29 is 4.74 Å². The molecular formula is C18H20N2O. The van der Waals surface area contributed by atoms with Crippen molar-refractivity contribution in [2.45, 2.75) is 19.4 Å². The summed E-state index contributed by atoms with van der Waals surface area (Å²) < 4.78 is 5.71. The molecule has 0 amide bonds. The number of hydrogen-bond acceptors (Lipinski definition) is 3. The molecule has 1 saturated carbocycles. The summed E-state index contributed by atoms with van der Waals surface area (Å²) in [6.45, 7) is 1.58. The van der Waals surface area contributed by atoms with Gasteiger partial charge < -0.3 is 4.74 Å². The molecule has 1 N–H and O–H groups in total. The minimum Gasteiger partial charge on any atom is -0.376 e. The van der Waals surface area contributed by atoms with Crippen LogP contribution in [0, 0.1) is 5.92 Å². The Labute approximate surface area is 125 Å². The molecule has 3 nitrogen and oxygen atoms in total. The van der Waals surface area contributed by atoms with E-state index in [4.69, 9.17) is 4.74 Å². The molecule has 0 radical (unpaired) electrons. The Kier molecular flexibility index (Phi) is 4.64. The zero-order chi connectivity index (χ0) is 14.3. The summed E-state index contributed by atoms with van der Waals surface area (Å²) in [6.07, 6.45) is 4.49. The summed E-state index contributed by atoms with van der Waals surface area (Å²) in [5.41, 5.74) is 6.27. The first kappa shape index (κ1) is 13.8. The molecule has 3 rings (SSSR count). The van der Waals surface area contributed by atoms with Crippen molar-refractivity contribution >= 4 is 11.9 Å². The van der Waals surface area contributed by atoms with Crippen molar-refractivity contribution in [1.82, 2.24) is 0 Å². The first-order chi connectivity index (χ1) is 10.4. The Morgan fingerprint density at radius 3 is 2.76 bits per heavy atom. The predicted molar refractivity (Wildman–Crippen MR) is 86.5 cm³/mol. The molecule has 1 fully saturated rings. The molecule has 21 heavy (non-hydrogen) atoms. The van der Waals surface area contributed by atoms with E-state index in [2.05, 4.69) is 22.7 Å². The highest BCUT2D eigenvalue weighted by Gasteiger charge is 2.20. The standard InChI is InChI=1S/C18H20N2O/c1-2-7-18(8-3-1)20-19-12-16-5-4-6-17(11-16)14-21-13-15-9-10-15/h1-8,11-12,15,20H,9-10,13-14H2. The second kappa shape index (κ2) is 7.04. The van der Waals surface area contributed by atoms with E-state index in [1.54, 1.807) is 0 Å². The smallest absolute Gasteiger partial charge is 0.0717 e. The van der Waals surface area contributed by atoms with Crippen LogP contribution in [0.4, 0.5) is 5.69 Å². The highest BCUT2D eigenvalue weighted by atomic mass is 16.5. The van der Waals surface area contributed by atoms with Crippen LogP contribution in [-0.2, 0) is 11.3 Å². The molecule has 0 heterocycles. The van der Waals surface area contributed by atoms with E-state index in [0.29, 0.717) is 6.61 Å². The SMILES string of the molecule is C(=NNc1ccccc1)c1cccc(COCC2CC2)c1. The number of anilines is 1. The maximum Gasteiger partial charge on any atom is 0.0717 e. The Balaban J connectivity index is 1.52. The molecule has 0 unspecified atom stereocenters. The van der Waals surface area contributed by atoms with Crippen LogP contribution in [0.25, 0.3) is 0 Å². The van der Waals surface area contributed by atoms with Crippen molar-refractivity contribution in [2.24, 2.45) is 11.0 Å². The van der Waals surface area contributed by atoms with E-state index in [9.17, 15) is 0 Å². The van der Waals surface area contributed by atoms with Crippen LogP contribution >= 0.6 is 0 Å². The van der Waals surface area contributed by atoms with Gasteiger partial charge in [-0.2, -0.15) is 5.10 Å². The summed E-state index contributed by atoms with van der Waals surface area (Å²) in [4.78, 5) is 0. The van der Waals surface area contributed by atoms with Gasteiger partial charge in [-0.05, 0) is 48.1 Å². The van der Waals surface area contributed by atoms with Crippen molar-refractivity contribution in [2.75, 3.05) is 12.0 Å². The number of hydrazone groups is 1. The number of nitrogens with zero attached hydrogens (tertiary/aromatic N) is 1. The summed E-state index contributed by atoms with van der Waals surface area (Å²) >= 11 is 0. The molecule has 2 aromatic carbocycles. The molecule has 1 aliphatic carbocycles. The van der Waals surface area contributed by atoms with Gasteiger partial charge in [0.05, 0.1) is 18.5 Å². The summed E-state index contributed by atoms with van der Waals surface area (Å²) in [5, 5.41) is 4.26. The van der Waals surface area contributed by atoms with Crippen LogP contribution in [0.5, 0.6) is 0 Å². The molecular weight excluding hydrogens is 260 g/mol. The number of nitrogens with one attached hydrogen (secondary N) is 1. The lowest BCUT2D eigenvalue weighted by atomic mass is 10.1. The van der Waals surface area contributed by atoms with Crippen LogP contribution in [0.15, 0.2) is 59.7 Å². The molecule has 0 bridgehead atoms. The molecule has 1 aliphatic rings. The van der Waals surface area contributed by atoms with Gasteiger partial charge in [-0.25, -0.2) is 0 Å². The Morgan fingerprint density at radius 1 is 1.10 bits per heavy atom. The number of hydrogen-bond donors (Lipinski definition) is 1. The minimum atomic E-state index is 0.685. The third-order valence-electron chi connectivity index (χ3n) is 3.45. The highest BCUT2D eigenvalue weighted by molar-refractivity contribution is 5.80. The quantitative estimate of drug-likeness (QED) is 0.613. The van der Waals surface area contributed by atoms with Crippen LogP contribution in [0.3, 0.4) is 0 Å². The molecule has 0 spiro atoms. The molecule has 0 aromatic heterocycles. The van der Waals surface area contributed by atoms with Crippen LogP contribution < -0.4 is 5.43 Å². The van der Waals surface area contributed by atoms with E-state index in [0.717, 1.165) is 23.8 Å². The van der Waals surface area contributed by atoms with Gasteiger partial charge in [-0.3, -0.25) is 5.43 Å². The molecule has 0 atom stereocenters. The van der Waals surface area contributed by atoms with Gasteiger partial charge in [0.25, 0.3) is 0 Å². The Hall–Kier alpha value is -2.13. The van der Waals surface area contributed by atoms with Crippen molar-refractivity contribution in [3.8, 4) is 0 Å². The lowest BCUT2D eigenvalue weighted by Gasteiger charge is -2.04. The van der Waals surface area contributed by atoms with E-state index in [-0.39, 0.29) is 0 Å². The van der Waals surface area contributed by atoms with Crippen molar-refractivity contribution in [3.05, 3.63) is 65.7 Å². The monoisotopic (exact) mass is 280 g/mol. The number of benzene rings is 2. The van der Waals surface area contributed by atoms with Crippen LogP contribution in [-0.4, -0.2) is 12.8 Å². The number of rotatable bonds is 7. The zero-order valence-electron chi connectivity index (χ0n) is 12.0. The Morgan fingerprint density at radius 2 is 1.95 bits per heavy atom. The maximum atomic E-state index is 5.71. The highest BCUT2D eigenvalue weighted by Crippen LogP contribution is 2.29. The normalized spacial score (nSPS) is 14.5. The van der Waals surface area contributed by atoms with Crippen LogP contribution in [0.1, 0.15) is 24.0 Å². The molecule has 3 heteroatoms. The van der Waals surface area contributed by atoms with Crippen LogP contribution in [0.2, 0.25) is 0 Å². The van der Waals surface area contributed by atoms with Gasteiger partial charge in [-0.1, -0.05) is 36.4 Å². The van der Waals surface area contributed by atoms with E-state index in [1.807, 2.05) is 48.7 Å². The average Bonchev–Trinajstić information content (AvgIpc) is 3.33. The summed E-state index contributed by atoms with van der Waals surface area (Å²) in [5.74, 6) is 0.810. The van der Waals surface area contributed by atoms with E-state index in [1.165, 1.54) is 18.4 Å². The first-order valence-electron chi connectivity index (χ1n) is 7.41. The van der Waals surface area contributed by atoms with Gasteiger partial charge in [0.15, 0.2) is 0 Å². The molecule has 2 aromatic rings. The third-order valence-corrected chi connectivity index (χ3v) is 3.45. The Bertz CT molecular complexity index is 591. The second-order valence-corrected chi connectivity index (χ2v) is 5.44. The fourth-order valence-corrected chi connectivity index (χ4v) is 2.09. The van der Waals surface area contributed by atoms with Gasteiger partial charge in [0, 0.05) is 6.61 Å². The third kappa shape index (κ3) is 4.72. The van der Waals surface area contributed by atoms with Gasteiger partial charge >= 0.3 is 0 Å². The van der Waals surface area contributed by atoms with Crippen molar-refractivity contribution in [1.29, 1.82) is 0 Å². The predicted octanol–water partition coefficient (Wildman–Crippen LogP) is 4.06. The molecule has 108 valence electrons. The maximum absolute atomic E-state index is 5.71. The lowest BCUT2D eigenvalue weighted by Crippen LogP contribution is -1.97. The average molecular weight is 280 g/mol. The molecule has 0 saturated heterocycles. The lowest BCUT2D eigenvalue weighted by molar-refractivity contribution is 0.111. The fourth-order valence-electron chi connectivity index (χ4n) is 2.09. The van der Waals surface area contributed by atoms with Gasteiger partial charge in [0.2, 0.25) is 0 Å². The minimum absolute atomic E-state index is 0.685.